The molecule has 0 bridgehead atoms. The third kappa shape index (κ3) is 3.16. The summed E-state index contributed by atoms with van der Waals surface area (Å²) in [6.07, 6.45) is 2.20. The fourth-order valence-corrected chi connectivity index (χ4v) is 6.33. The smallest absolute Gasteiger partial charge is 0.0541 e. The van der Waals surface area contributed by atoms with Crippen LogP contribution in [0.4, 0.5) is 0 Å². The van der Waals surface area contributed by atoms with E-state index in [0.29, 0.717) is 0 Å². The van der Waals surface area contributed by atoms with Gasteiger partial charge in [0.25, 0.3) is 0 Å². The molecule has 1 aliphatic rings. The molecular weight excluding hydrogens is 434 g/mol. The molecule has 6 aromatic rings. The van der Waals surface area contributed by atoms with E-state index in [2.05, 4.69) is 134 Å². The van der Waals surface area contributed by atoms with Crippen molar-refractivity contribution in [3.05, 3.63) is 138 Å². The summed E-state index contributed by atoms with van der Waals surface area (Å²) in [5.41, 5.74) is 12.1. The van der Waals surface area contributed by atoms with E-state index in [-0.39, 0.29) is 5.41 Å². The highest BCUT2D eigenvalue weighted by atomic mass is 15.0. The molecule has 36 heavy (non-hydrogen) atoms. The Morgan fingerprint density at radius 3 is 2.03 bits per heavy atom. The van der Waals surface area contributed by atoms with Crippen molar-refractivity contribution in [1.29, 1.82) is 0 Å². The van der Waals surface area contributed by atoms with Gasteiger partial charge in [0.2, 0.25) is 0 Å². The fourth-order valence-electron chi connectivity index (χ4n) is 6.33. The first-order chi connectivity index (χ1) is 17.6. The predicted octanol–water partition coefficient (Wildman–Crippen LogP) is 8.88. The van der Waals surface area contributed by atoms with Crippen LogP contribution in [0.2, 0.25) is 0 Å². The average molecular weight is 464 g/mol. The molecule has 1 heteroatoms. The van der Waals surface area contributed by atoms with E-state index in [1.165, 1.54) is 60.9 Å². The Kier molecular flexibility index (Phi) is 4.69. The Morgan fingerprint density at radius 1 is 0.528 bits per heavy atom. The highest BCUT2D eigenvalue weighted by Crippen LogP contribution is 2.41. The Balaban J connectivity index is 1.42. The van der Waals surface area contributed by atoms with Gasteiger partial charge in [0, 0.05) is 21.9 Å². The molecule has 0 N–H and O–H groups in total. The molecule has 1 aromatic heterocycles. The van der Waals surface area contributed by atoms with Crippen LogP contribution in [-0.2, 0) is 18.3 Å². The van der Waals surface area contributed by atoms with Gasteiger partial charge < -0.3 is 4.57 Å². The number of fused-ring (bicyclic) bond motifs is 5. The molecule has 0 atom stereocenters. The van der Waals surface area contributed by atoms with Gasteiger partial charge in [0.15, 0.2) is 0 Å². The van der Waals surface area contributed by atoms with Gasteiger partial charge in [-0.25, -0.2) is 0 Å². The van der Waals surface area contributed by atoms with Gasteiger partial charge in [-0.15, -0.1) is 0 Å². The van der Waals surface area contributed by atoms with Crippen LogP contribution in [0.15, 0.2) is 115 Å². The molecule has 1 aliphatic carbocycles. The minimum absolute atomic E-state index is 0.0220. The topological polar surface area (TPSA) is 4.93 Å². The number of hydrogen-bond acceptors (Lipinski definition) is 0. The highest BCUT2D eigenvalue weighted by Gasteiger charge is 2.30. The first kappa shape index (κ1) is 21.2. The summed E-state index contributed by atoms with van der Waals surface area (Å²) in [6.45, 7) is 4.77. The molecule has 0 spiro atoms. The standard InChI is InChI=1S/C35H29N/c1-35(2)31-14-8-6-10-24(31)16-17-25-18-19-27(23-32(25)35)26-20-21-34-30(22-26)29-13-7-9-15-33(29)36(34)28-11-4-3-5-12-28/h3-15,18-23H,16-17H2,1-2H3. The normalized spacial score (nSPS) is 14.4. The van der Waals surface area contributed by atoms with Crippen LogP contribution in [0.1, 0.15) is 36.1 Å². The quantitative estimate of drug-likeness (QED) is 0.242. The van der Waals surface area contributed by atoms with Gasteiger partial charge in [-0.3, -0.25) is 0 Å². The van der Waals surface area contributed by atoms with Crippen LogP contribution in [0.3, 0.4) is 0 Å². The number of hydrogen-bond donors (Lipinski definition) is 0. The minimum Gasteiger partial charge on any atom is -0.309 e. The zero-order valence-electron chi connectivity index (χ0n) is 20.8. The Hall–Kier alpha value is -4.10. The lowest BCUT2D eigenvalue weighted by molar-refractivity contribution is 0.637. The van der Waals surface area contributed by atoms with Crippen molar-refractivity contribution in [3.63, 3.8) is 0 Å². The van der Waals surface area contributed by atoms with Crippen LogP contribution in [-0.4, -0.2) is 4.57 Å². The van der Waals surface area contributed by atoms with Crippen LogP contribution >= 0.6 is 0 Å². The molecule has 0 amide bonds. The van der Waals surface area contributed by atoms with E-state index in [1.54, 1.807) is 0 Å². The predicted molar refractivity (Wildman–Crippen MR) is 152 cm³/mol. The highest BCUT2D eigenvalue weighted by molar-refractivity contribution is 6.10. The first-order valence-electron chi connectivity index (χ1n) is 12.9. The first-order valence-corrected chi connectivity index (χ1v) is 12.9. The lowest BCUT2D eigenvalue weighted by atomic mass is 9.75. The van der Waals surface area contributed by atoms with Crippen molar-refractivity contribution >= 4 is 21.8 Å². The molecule has 174 valence electrons. The maximum Gasteiger partial charge on any atom is 0.0541 e. The number of para-hydroxylation sites is 2. The van der Waals surface area contributed by atoms with Gasteiger partial charge in [-0.05, 0) is 82.6 Å². The van der Waals surface area contributed by atoms with Gasteiger partial charge >= 0.3 is 0 Å². The summed E-state index contributed by atoms with van der Waals surface area (Å²) in [7, 11) is 0. The SMILES string of the molecule is CC1(C)c2ccccc2CCc2ccc(-c3ccc4c(c3)c3ccccc3n4-c3ccccc3)cc21. The third-order valence-corrected chi connectivity index (χ3v) is 8.16. The zero-order chi connectivity index (χ0) is 24.3. The molecule has 1 heterocycles. The van der Waals surface area contributed by atoms with E-state index >= 15 is 0 Å². The average Bonchev–Trinajstić information content (AvgIpc) is 3.20. The molecule has 0 saturated heterocycles. The number of nitrogens with zero attached hydrogens (tertiary/aromatic N) is 1. The maximum absolute atomic E-state index is 2.45. The van der Waals surface area contributed by atoms with Gasteiger partial charge in [0.05, 0.1) is 11.0 Å². The van der Waals surface area contributed by atoms with E-state index in [1.807, 2.05) is 0 Å². The maximum atomic E-state index is 2.45. The summed E-state index contributed by atoms with van der Waals surface area (Å²) >= 11 is 0. The number of aryl methyl sites for hydroxylation is 2. The molecule has 0 fully saturated rings. The van der Waals surface area contributed by atoms with Gasteiger partial charge in [0.1, 0.15) is 0 Å². The van der Waals surface area contributed by atoms with Crippen LogP contribution in [0.25, 0.3) is 38.6 Å². The van der Waals surface area contributed by atoms with E-state index < -0.39 is 0 Å². The molecule has 0 unspecified atom stereocenters. The second-order valence-corrected chi connectivity index (χ2v) is 10.6. The second kappa shape index (κ2) is 7.96. The zero-order valence-corrected chi connectivity index (χ0v) is 20.8. The van der Waals surface area contributed by atoms with Crippen molar-refractivity contribution in [1.82, 2.24) is 4.57 Å². The lowest BCUT2D eigenvalue weighted by Crippen LogP contribution is -2.20. The monoisotopic (exact) mass is 463 g/mol. The van der Waals surface area contributed by atoms with Crippen molar-refractivity contribution in [2.45, 2.75) is 32.1 Å². The van der Waals surface area contributed by atoms with Crippen LogP contribution in [0.5, 0.6) is 0 Å². The second-order valence-electron chi connectivity index (χ2n) is 10.6. The molecular formula is C35H29N. The lowest BCUT2D eigenvalue weighted by Gasteiger charge is -2.28. The summed E-state index contributed by atoms with van der Waals surface area (Å²) in [5.74, 6) is 0. The molecule has 0 radical (unpaired) electrons. The molecule has 0 aliphatic heterocycles. The summed E-state index contributed by atoms with van der Waals surface area (Å²) < 4.78 is 2.38. The van der Waals surface area contributed by atoms with Crippen LogP contribution < -0.4 is 0 Å². The number of rotatable bonds is 2. The van der Waals surface area contributed by atoms with Crippen molar-refractivity contribution < 1.29 is 0 Å². The third-order valence-electron chi connectivity index (χ3n) is 8.16. The molecule has 7 rings (SSSR count). The summed E-state index contributed by atoms with van der Waals surface area (Å²) in [6, 6.07) is 42.5. The van der Waals surface area contributed by atoms with Crippen molar-refractivity contribution in [2.24, 2.45) is 0 Å². The Morgan fingerprint density at radius 2 is 1.17 bits per heavy atom. The van der Waals surface area contributed by atoms with Gasteiger partial charge in [-0.1, -0.05) is 92.7 Å². The summed E-state index contributed by atoms with van der Waals surface area (Å²) in [4.78, 5) is 0. The van der Waals surface area contributed by atoms with Crippen molar-refractivity contribution in [2.75, 3.05) is 0 Å². The van der Waals surface area contributed by atoms with E-state index in [4.69, 9.17) is 0 Å². The van der Waals surface area contributed by atoms with E-state index in [9.17, 15) is 0 Å². The fraction of sp³-hybridized carbons (Fsp3) is 0.143. The number of benzene rings is 5. The molecule has 5 aromatic carbocycles. The molecule has 0 saturated carbocycles. The van der Waals surface area contributed by atoms with E-state index in [0.717, 1.165) is 12.8 Å². The van der Waals surface area contributed by atoms with Crippen LogP contribution in [0, 0.1) is 0 Å². The molecule has 1 nitrogen and oxygen atoms in total. The Bertz CT molecular complexity index is 1750. The largest absolute Gasteiger partial charge is 0.309 e. The number of aromatic nitrogens is 1. The summed E-state index contributed by atoms with van der Waals surface area (Å²) in [5, 5.41) is 2.59. The van der Waals surface area contributed by atoms with Crippen molar-refractivity contribution in [3.8, 4) is 16.8 Å². The Labute approximate surface area is 212 Å². The van der Waals surface area contributed by atoms with Gasteiger partial charge in [-0.2, -0.15) is 0 Å². The minimum atomic E-state index is -0.0220.